The smallest absolute Gasteiger partial charge is 0.329 e. The summed E-state index contributed by atoms with van der Waals surface area (Å²) in [7, 11) is 1.53. The molecule has 10 heteroatoms. The standard InChI is InChI=1S/C24H21BrN4O5/c1-33-20-10-8-19(9-11-20)28-23(31)24(32)29-26-14-16-13-17(25)7-12-21(16)34-15-22(30)27-18-5-3-2-4-6-18/h2-14H,15H2,1H3,(H,27,30)(H,28,31)(H,29,32)/b26-14-. The van der Waals surface area contributed by atoms with Gasteiger partial charge in [-0.05, 0) is 54.6 Å². The summed E-state index contributed by atoms with van der Waals surface area (Å²) in [5.41, 5.74) is 3.73. The Morgan fingerprint density at radius 2 is 1.62 bits per heavy atom. The number of nitrogens with one attached hydrogen (secondary N) is 3. The summed E-state index contributed by atoms with van der Waals surface area (Å²) in [6, 6.07) is 20.6. The number of methoxy groups -OCH3 is 1. The molecule has 0 heterocycles. The number of anilines is 2. The minimum atomic E-state index is -0.952. The van der Waals surface area contributed by atoms with Gasteiger partial charge >= 0.3 is 11.8 Å². The molecule has 0 bridgehead atoms. The molecule has 34 heavy (non-hydrogen) atoms. The van der Waals surface area contributed by atoms with Crippen molar-refractivity contribution >= 4 is 51.2 Å². The van der Waals surface area contributed by atoms with E-state index in [1.54, 1.807) is 54.6 Å². The van der Waals surface area contributed by atoms with Crippen LogP contribution in [0.3, 0.4) is 0 Å². The molecule has 0 aliphatic carbocycles. The van der Waals surface area contributed by atoms with Gasteiger partial charge in [-0.3, -0.25) is 14.4 Å². The van der Waals surface area contributed by atoms with Gasteiger partial charge in [-0.15, -0.1) is 0 Å². The van der Waals surface area contributed by atoms with Crippen LogP contribution < -0.4 is 25.5 Å². The normalized spacial score (nSPS) is 10.4. The summed E-state index contributed by atoms with van der Waals surface area (Å²) in [6.45, 7) is -0.228. The van der Waals surface area contributed by atoms with E-state index < -0.39 is 11.8 Å². The largest absolute Gasteiger partial charge is 0.497 e. The van der Waals surface area contributed by atoms with Crippen molar-refractivity contribution in [3.8, 4) is 11.5 Å². The summed E-state index contributed by atoms with van der Waals surface area (Å²) < 4.78 is 11.4. The number of halogens is 1. The summed E-state index contributed by atoms with van der Waals surface area (Å²) in [5.74, 6) is -1.18. The molecule has 0 saturated heterocycles. The summed E-state index contributed by atoms with van der Waals surface area (Å²) in [5, 5.41) is 9.00. The van der Waals surface area contributed by atoms with Crippen LogP contribution in [-0.2, 0) is 14.4 Å². The highest BCUT2D eigenvalue weighted by Gasteiger charge is 2.13. The molecule has 3 rings (SSSR count). The number of ether oxygens (including phenoxy) is 2. The SMILES string of the molecule is COc1ccc(NC(=O)C(=O)N/N=C\c2cc(Br)ccc2OCC(=O)Nc2ccccc2)cc1. The highest BCUT2D eigenvalue weighted by atomic mass is 79.9. The molecule has 0 spiro atoms. The molecule has 174 valence electrons. The minimum Gasteiger partial charge on any atom is -0.497 e. The average Bonchev–Trinajstić information content (AvgIpc) is 2.84. The van der Waals surface area contributed by atoms with E-state index in [1.807, 2.05) is 18.2 Å². The number of hydrogen-bond acceptors (Lipinski definition) is 6. The number of hydrogen-bond donors (Lipinski definition) is 3. The van der Waals surface area contributed by atoms with Gasteiger partial charge in [-0.2, -0.15) is 5.10 Å². The van der Waals surface area contributed by atoms with Gasteiger partial charge in [0.15, 0.2) is 6.61 Å². The predicted molar refractivity (Wildman–Crippen MR) is 132 cm³/mol. The van der Waals surface area contributed by atoms with Crippen LogP contribution in [0.1, 0.15) is 5.56 Å². The van der Waals surface area contributed by atoms with Crippen LogP contribution in [0, 0.1) is 0 Å². The zero-order chi connectivity index (χ0) is 24.3. The number of amides is 3. The molecular formula is C24H21BrN4O5. The van der Waals surface area contributed by atoms with Gasteiger partial charge in [0, 0.05) is 21.4 Å². The second kappa shape index (κ2) is 12.2. The van der Waals surface area contributed by atoms with Gasteiger partial charge in [0.1, 0.15) is 11.5 Å². The first kappa shape index (κ1) is 24.5. The lowest BCUT2D eigenvalue weighted by Crippen LogP contribution is -2.32. The van der Waals surface area contributed by atoms with Crippen LogP contribution in [0.2, 0.25) is 0 Å². The Bertz CT molecular complexity index is 1180. The van der Waals surface area contributed by atoms with Crippen molar-refractivity contribution in [1.29, 1.82) is 0 Å². The fourth-order valence-corrected chi connectivity index (χ4v) is 3.07. The maximum Gasteiger partial charge on any atom is 0.329 e. The number of hydrazone groups is 1. The Balaban J connectivity index is 1.55. The molecule has 0 aromatic heterocycles. The number of carbonyl (C=O) groups excluding carboxylic acids is 3. The van der Waals surface area contributed by atoms with Gasteiger partial charge in [-0.25, -0.2) is 5.43 Å². The zero-order valence-electron chi connectivity index (χ0n) is 18.1. The number of nitrogens with zero attached hydrogens (tertiary/aromatic N) is 1. The molecule has 3 N–H and O–H groups in total. The molecule has 0 unspecified atom stereocenters. The quantitative estimate of drug-likeness (QED) is 0.236. The predicted octanol–water partition coefficient (Wildman–Crippen LogP) is 3.56. The van der Waals surface area contributed by atoms with E-state index in [4.69, 9.17) is 9.47 Å². The molecular weight excluding hydrogens is 504 g/mol. The van der Waals surface area contributed by atoms with E-state index in [2.05, 4.69) is 37.1 Å². The second-order valence-corrected chi connectivity index (χ2v) is 7.68. The van der Waals surface area contributed by atoms with Crippen molar-refractivity contribution in [3.63, 3.8) is 0 Å². The van der Waals surface area contributed by atoms with Gasteiger partial charge in [-0.1, -0.05) is 34.1 Å². The Kier molecular flexibility index (Phi) is 8.75. The minimum absolute atomic E-state index is 0.228. The van der Waals surface area contributed by atoms with E-state index in [0.717, 1.165) is 4.47 Å². The Hall–Kier alpha value is -4.18. The van der Waals surface area contributed by atoms with Crippen LogP contribution >= 0.6 is 15.9 Å². The van der Waals surface area contributed by atoms with Crippen LogP contribution in [0.5, 0.6) is 11.5 Å². The molecule has 9 nitrogen and oxygen atoms in total. The summed E-state index contributed by atoms with van der Waals surface area (Å²) >= 11 is 3.36. The van der Waals surface area contributed by atoms with Crippen LogP contribution in [0.15, 0.2) is 82.4 Å². The lowest BCUT2D eigenvalue weighted by Gasteiger charge is -2.10. The molecule has 3 amide bonds. The third-order valence-corrected chi connectivity index (χ3v) is 4.81. The lowest BCUT2D eigenvalue weighted by atomic mass is 10.2. The van der Waals surface area contributed by atoms with E-state index in [9.17, 15) is 14.4 Å². The van der Waals surface area contributed by atoms with Gasteiger partial charge in [0.25, 0.3) is 5.91 Å². The van der Waals surface area contributed by atoms with E-state index in [1.165, 1.54) is 13.3 Å². The number of rotatable bonds is 8. The van der Waals surface area contributed by atoms with Crippen molar-refractivity contribution < 1.29 is 23.9 Å². The molecule has 3 aromatic carbocycles. The van der Waals surface area contributed by atoms with Crippen LogP contribution in [0.4, 0.5) is 11.4 Å². The Morgan fingerprint density at radius 3 is 2.32 bits per heavy atom. The highest BCUT2D eigenvalue weighted by molar-refractivity contribution is 9.10. The number of carbonyl (C=O) groups is 3. The molecule has 0 aliphatic rings. The van der Waals surface area contributed by atoms with E-state index in [-0.39, 0.29) is 12.5 Å². The first-order chi connectivity index (χ1) is 16.4. The van der Waals surface area contributed by atoms with Crippen molar-refractivity contribution in [2.75, 3.05) is 24.4 Å². The van der Waals surface area contributed by atoms with Crippen molar-refractivity contribution in [3.05, 3.63) is 82.8 Å². The molecule has 0 fully saturated rings. The third-order valence-electron chi connectivity index (χ3n) is 4.31. The lowest BCUT2D eigenvalue weighted by molar-refractivity contribution is -0.136. The molecule has 0 radical (unpaired) electrons. The highest BCUT2D eigenvalue weighted by Crippen LogP contribution is 2.22. The summed E-state index contributed by atoms with van der Waals surface area (Å²) in [4.78, 5) is 36.2. The van der Waals surface area contributed by atoms with Gasteiger partial charge < -0.3 is 20.1 Å². The van der Waals surface area contributed by atoms with Crippen LogP contribution in [-0.4, -0.2) is 37.7 Å². The maximum atomic E-state index is 12.1. The Morgan fingerprint density at radius 1 is 0.912 bits per heavy atom. The van der Waals surface area contributed by atoms with Crippen molar-refractivity contribution in [2.45, 2.75) is 0 Å². The fraction of sp³-hybridized carbons (Fsp3) is 0.0833. The Labute approximate surface area is 204 Å². The van der Waals surface area contributed by atoms with E-state index in [0.29, 0.717) is 28.4 Å². The molecule has 0 saturated carbocycles. The van der Waals surface area contributed by atoms with E-state index >= 15 is 0 Å². The third kappa shape index (κ3) is 7.45. The summed E-state index contributed by atoms with van der Waals surface area (Å²) in [6.07, 6.45) is 1.31. The van der Waals surface area contributed by atoms with Crippen LogP contribution in [0.25, 0.3) is 0 Å². The molecule has 0 aliphatic heterocycles. The molecule has 3 aromatic rings. The maximum absolute atomic E-state index is 12.1. The first-order valence-electron chi connectivity index (χ1n) is 10.0. The van der Waals surface area contributed by atoms with Crippen molar-refractivity contribution in [1.82, 2.24) is 5.43 Å². The number of para-hydroxylation sites is 1. The topological polar surface area (TPSA) is 118 Å². The zero-order valence-corrected chi connectivity index (χ0v) is 19.7. The molecule has 0 atom stereocenters. The van der Waals surface area contributed by atoms with Crippen molar-refractivity contribution in [2.24, 2.45) is 5.10 Å². The van der Waals surface area contributed by atoms with Gasteiger partial charge in [0.2, 0.25) is 0 Å². The van der Waals surface area contributed by atoms with Gasteiger partial charge in [0.05, 0.1) is 13.3 Å². The monoisotopic (exact) mass is 524 g/mol. The fourth-order valence-electron chi connectivity index (χ4n) is 2.69. The average molecular weight is 525 g/mol. The first-order valence-corrected chi connectivity index (χ1v) is 10.8. The number of benzene rings is 3. The second-order valence-electron chi connectivity index (χ2n) is 6.77.